The molecule has 0 aromatic carbocycles. The van der Waals surface area contributed by atoms with E-state index in [9.17, 15) is 16.8 Å². The van der Waals surface area contributed by atoms with Crippen molar-refractivity contribution in [3.05, 3.63) is 0 Å². The monoisotopic (exact) mass is 240 g/mol. The molecule has 0 aliphatic rings. The topological polar surface area (TPSA) is 95.3 Å². The number of hydrogen-bond acceptors (Lipinski definition) is 5. The Morgan fingerprint density at radius 2 is 1.79 bits per heavy atom. The lowest BCUT2D eigenvalue weighted by Gasteiger charge is -2.15. The lowest BCUT2D eigenvalue weighted by atomic mass is 10.6. The first-order valence-corrected chi connectivity index (χ1v) is 7.42. The molecule has 0 aromatic heterocycles. The van der Waals surface area contributed by atoms with Gasteiger partial charge in [0.25, 0.3) is 0 Å². The predicted octanol–water partition coefficient (Wildman–Crippen LogP) is -0.836. The van der Waals surface area contributed by atoms with Crippen LogP contribution in [0.15, 0.2) is 0 Å². The van der Waals surface area contributed by atoms with Crippen LogP contribution in [0.1, 0.15) is 6.92 Å². The summed E-state index contributed by atoms with van der Waals surface area (Å²) in [5.41, 5.74) is 0. The second-order valence-electron chi connectivity index (χ2n) is 2.74. The number of hydrogen-bond donors (Lipinski definition) is 0. The van der Waals surface area contributed by atoms with Crippen molar-refractivity contribution in [2.24, 2.45) is 0 Å². The van der Waals surface area contributed by atoms with E-state index in [1.165, 1.54) is 6.92 Å². The maximum Gasteiger partial charge on any atom is 0.229 e. The van der Waals surface area contributed by atoms with Gasteiger partial charge in [0.15, 0.2) is 14.9 Å². The molecule has 0 bridgehead atoms. The minimum Gasteiger partial charge on any atom is -0.228 e. The van der Waals surface area contributed by atoms with Crippen molar-refractivity contribution in [3.8, 4) is 6.07 Å². The summed E-state index contributed by atoms with van der Waals surface area (Å²) >= 11 is 0. The maximum absolute atomic E-state index is 11.4. The van der Waals surface area contributed by atoms with E-state index in [4.69, 9.17) is 5.26 Å². The highest BCUT2D eigenvalue weighted by Crippen LogP contribution is 2.03. The van der Waals surface area contributed by atoms with Crippen molar-refractivity contribution in [1.29, 1.82) is 5.26 Å². The number of nitriles is 1. The highest BCUT2D eigenvalue weighted by Gasteiger charge is 2.24. The molecule has 0 N–H and O–H groups in total. The Bertz CT molecular complexity index is 417. The smallest absolute Gasteiger partial charge is 0.228 e. The van der Waals surface area contributed by atoms with Gasteiger partial charge in [-0.1, -0.05) is 6.92 Å². The second-order valence-corrected chi connectivity index (χ2v) is 7.21. The van der Waals surface area contributed by atoms with Gasteiger partial charge >= 0.3 is 0 Å². The van der Waals surface area contributed by atoms with E-state index in [2.05, 4.69) is 0 Å². The normalized spacial score (nSPS) is 12.7. The molecule has 6 nitrogen and oxygen atoms in total. The van der Waals surface area contributed by atoms with Crippen molar-refractivity contribution in [2.75, 3.05) is 24.4 Å². The van der Waals surface area contributed by atoms with Gasteiger partial charge in [-0.3, -0.25) is 0 Å². The molecule has 0 saturated carbocycles. The average molecular weight is 240 g/mol. The highest BCUT2D eigenvalue weighted by atomic mass is 32.3. The van der Waals surface area contributed by atoms with Gasteiger partial charge in [0.2, 0.25) is 10.0 Å². The third kappa shape index (κ3) is 4.55. The van der Waals surface area contributed by atoms with E-state index in [-0.39, 0.29) is 13.1 Å². The molecule has 0 spiro atoms. The summed E-state index contributed by atoms with van der Waals surface area (Å²) in [6, 6.07) is 1.66. The van der Waals surface area contributed by atoms with E-state index in [0.29, 0.717) is 0 Å². The van der Waals surface area contributed by atoms with Crippen LogP contribution >= 0.6 is 0 Å². The minimum atomic E-state index is -3.87. The van der Waals surface area contributed by atoms with E-state index in [0.717, 1.165) is 10.6 Å². The second kappa shape index (κ2) is 4.72. The van der Waals surface area contributed by atoms with Gasteiger partial charge in [0.05, 0.1) is 6.07 Å². The van der Waals surface area contributed by atoms with Crippen LogP contribution in [0.5, 0.6) is 0 Å². The molecule has 0 aliphatic heterocycles. The molecular weight excluding hydrogens is 228 g/mol. The molecule has 0 atom stereocenters. The Morgan fingerprint density at radius 1 is 1.29 bits per heavy atom. The highest BCUT2D eigenvalue weighted by molar-refractivity contribution is 8.06. The van der Waals surface area contributed by atoms with Gasteiger partial charge in [0.1, 0.15) is 6.54 Å². The molecule has 14 heavy (non-hydrogen) atoms. The first-order chi connectivity index (χ1) is 6.23. The molecular formula is C6H12N2O4S2. The third-order valence-corrected chi connectivity index (χ3v) is 5.43. The Labute approximate surface area is 84.1 Å². The summed E-state index contributed by atoms with van der Waals surface area (Å²) in [4.78, 5) is 0. The molecule has 0 unspecified atom stereocenters. The zero-order chi connectivity index (χ0) is 11.4. The van der Waals surface area contributed by atoms with Crippen LogP contribution in [0.3, 0.4) is 0 Å². The van der Waals surface area contributed by atoms with Crippen LogP contribution in [0.4, 0.5) is 0 Å². The van der Waals surface area contributed by atoms with Gasteiger partial charge in [0, 0.05) is 12.8 Å². The zero-order valence-corrected chi connectivity index (χ0v) is 9.60. The molecule has 0 heterocycles. The standard InChI is InChI=1S/C6H12N2O4S2/c1-3-8(5-4-7)14(11,12)6-13(2,9)10/h3,5-6H2,1-2H3. The zero-order valence-electron chi connectivity index (χ0n) is 7.97. The summed E-state index contributed by atoms with van der Waals surface area (Å²) in [6.45, 7) is 1.30. The van der Waals surface area contributed by atoms with Crippen molar-refractivity contribution in [1.82, 2.24) is 4.31 Å². The minimum absolute atomic E-state index is 0.0887. The Hall–Kier alpha value is -0.650. The quantitative estimate of drug-likeness (QED) is 0.584. The molecule has 82 valence electrons. The van der Waals surface area contributed by atoms with E-state index < -0.39 is 24.9 Å². The molecule has 0 aliphatic carbocycles. The van der Waals surface area contributed by atoms with Crippen LogP contribution in [0, 0.1) is 11.3 Å². The molecule has 0 rings (SSSR count). The van der Waals surface area contributed by atoms with Crippen molar-refractivity contribution >= 4 is 19.9 Å². The summed E-state index contributed by atoms with van der Waals surface area (Å²) in [5, 5.41) is 7.37. The van der Waals surface area contributed by atoms with Gasteiger partial charge in [-0.2, -0.15) is 9.57 Å². The number of nitrogens with zero attached hydrogens (tertiary/aromatic N) is 2. The largest absolute Gasteiger partial charge is 0.229 e. The predicted molar refractivity (Wildman–Crippen MR) is 51.5 cm³/mol. The third-order valence-electron chi connectivity index (χ3n) is 1.36. The molecule has 0 saturated heterocycles. The van der Waals surface area contributed by atoms with Crippen molar-refractivity contribution < 1.29 is 16.8 Å². The van der Waals surface area contributed by atoms with E-state index in [1.54, 1.807) is 6.07 Å². The van der Waals surface area contributed by atoms with Gasteiger partial charge in [-0.15, -0.1) is 0 Å². The van der Waals surface area contributed by atoms with Gasteiger partial charge in [-0.05, 0) is 0 Å². The van der Waals surface area contributed by atoms with Crippen molar-refractivity contribution in [2.45, 2.75) is 6.92 Å². The van der Waals surface area contributed by atoms with E-state index in [1.807, 2.05) is 0 Å². The Balaban J connectivity index is 4.87. The molecule has 8 heteroatoms. The van der Waals surface area contributed by atoms with Crippen LogP contribution in [-0.4, -0.2) is 45.6 Å². The fourth-order valence-corrected chi connectivity index (χ4v) is 4.24. The fraction of sp³-hybridized carbons (Fsp3) is 0.833. The Morgan fingerprint density at radius 3 is 2.07 bits per heavy atom. The molecule has 0 fully saturated rings. The number of rotatable bonds is 5. The number of sulfonamides is 1. The first-order valence-electron chi connectivity index (χ1n) is 3.75. The van der Waals surface area contributed by atoms with E-state index >= 15 is 0 Å². The lowest BCUT2D eigenvalue weighted by molar-refractivity contribution is 0.466. The van der Waals surface area contributed by atoms with Gasteiger partial charge in [-0.25, -0.2) is 16.8 Å². The van der Waals surface area contributed by atoms with Crippen molar-refractivity contribution in [3.63, 3.8) is 0 Å². The first kappa shape index (κ1) is 13.4. The number of sulfone groups is 1. The maximum atomic E-state index is 11.4. The molecule has 0 amide bonds. The van der Waals surface area contributed by atoms with Crippen LogP contribution in [0.25, 0.3) is 0 Å². The Kier molecular flexibility index (Phi) is 4.51. The van der Waals surface area contributed by atoms with Crippen LogP contribution in [-0.2, 0) is 19.9 Å². The summed E-state index contributed by atoms with van der Waals surface area (Å²) in [7, 11) is -7.46. The molecule has 0 radical (unpaired) electrons. The summed E-state index contributed by atoms with van der Waals surface area (Å²) < 4.78 is 45.1. The van der Waals surface area contributed by atoms with Crippen LogP contribution in [0.2, 0.25) is 0 Å². The van der Waals surface area contributed by atoms with Gasteiger partial charge < -0.3 is 0 Å². The summed E-state index contributed by atoms with van der Waals surface area (Å²) in [5.74, 6) is 0. The molecule has 0 aromatic rings. The lowest BCUT2D eigenvalue weighted by Crippen LogP contribution is -2.35. The SMILES string of the molecule is CCN(CC#N)S(=O)(=O)CS(C)(=O)=O. The average Bonchev–Trinajstić information content (AvgIpc) is 1.94. The summed E-state index contributed by atoms with van der Waals surface area (Å²) in [6.07, 6.45) is 0.838. The van der Waals surface area contributed by atoms with Crippen LogP contribution < -0.4 is 0 Å². The fourth-order valence-electron chi connectivity index (χ4n) is 0.831.